The van der Waals surface area contributed by atoms with Gasteiger partial charge >= 0.3 is 0 Å². The minimum atomic E-state index is -0.334. The fraction of sp³-hybridized carbons (Fsp3) is 0.462. The van der Waals surface area contributed by atoms with Crippen LogP contribution in [0.1, 0.15) is 5.56 Å². The lowest BCUT2D eigenvalue weighted by atomic mass is 10.1. The summed E-state index contributed by atoms with van der Waals surface area (Å²) in [6, 6.07) is 10.1. The second-order valence-electron chi connectivity index (χ2n) is 4.09. The molecule has 1 aliphatic rings. The molecule has 4 nitrogen and oxygen atoms in total. The predicted octanol–water partition coefficient (Wildman–Crippen LogP) is 0.334. The first-order valence-electron chi connectivity index (χ1n) is 6.00. The van der Waals surface area contributed by atoms with Crippen LogP contribution < -0.4 is 10.6 Å². The molecule has 1 unspecified atom stereocenters. The molecule has 0 radical (unpaired) electrons. The normalized spacial score (nSPS) is 19.9. The van der Waals surface area contributed by atoms with Gasteiger partial charge < -0.3 is 15.4 Å². The van der Waals surface area contributed by atoms with Gasteiger partial charge in [-0.3, -0.25) is 4.79 Å². The van der Waals surface area contributed by atoms with Crippen molar-refractivity contribution in [2.45, 2.75) is 12.5 Å². The van der Waals surface area contributed by atoms with Crippen molar-refractivity contribution in [2.24, 2.45) is 0 Å². The summed E-state index contributed by atoms with van der Waals surface area (Å²) in [7, 11) is 0. The van der Waals surface area contributed by atoms with Gasteiger partial charge in [0.25, 0.3) is 0 Å². The quantitative estimate of drug-likeness (QED) is 0.789. The van der Waals surface area contributed by atoms with E-state index in [2.05, 4.69) is 22.8 Å². The Morgan fingerprint density at radius 3 is 2.94 bits per heavy atom. The molecule has 0 aromatic heterocycles. The molecule has 92 valence electrons. The molecule has 1 fully saturated rings. The molecular formula is C13H18N2O2. The van der Waals surface area contributed by atoms with Crippen molar-refractivity contribution >= 4 is 5.91 Å². The van der Waals surface area contributed by atoms with Crippen LogP contribution in [0.5, 0.6) is 0 Å². The number of carbonyl (C=O) groups excluding carboxylic acids is 1. The Morgan fingerprint density at radius 1 is 1.41 bits per heavy atom. The van der Waals surface area contributed by atoms with Crippen LogP contribution in [0.15, 0.2) is 30.3 Å². The second-order valence-corrected chi connectivity index (χ2v) is 4.09. The van der Waals surface area contributed by atoms with E-state index in [4.69, 9.17) is 4.74 Å². The standard InChI is InChI=1S/C13H18N2O2/c16-13(12-10-14-8-9-17-12)15-7-6-11-4-2-1-3-5-11/h1-5,12,14H,6-10H2,(H,15,16). The molecule has 2 rings (SSSR count). The minimum absolute atomic E-state index is 0.0202. The Hall–Kier alpha value is -1.39. The van der Waals surface area contributed by atoms with Gasteiger partial charge in [-0.2, -0.15) is 0 Å². The van der Waals surface area contributed by atoms with E-state index in [0.29, 0.717) is 19.7 Å². The summed E-state index contributed by atoms with van der Waals surface area (Å²) < 4.78 is 5.37. The van der Waals surface area contributed by atoms with E-state index < -0.39 is 0 Å². The summed E-state index contributed by atoms with van der Waals surface area (Å²) in [6.07, 6.45) is 0.520. The number of ether oxygens (including phenoxy) is 1. The Labute approximate surface area is 101 Å². The molecule has 17 heavy (non-hydrogen) atoms. The largest absolute Gasteiger partial charge is 0.366 e. The number of morpholine rings is 1. The fourth-order valence-electron chi connectivity index (χ4n) is 1.82. The molecule has 1 saturated heterocycles. The van der Waals surface area contributed by atoms with Gasteiger partial charge in [0.2, 0.25) is 5.91 Å². The topological polar surface area (TPSA) is 50.4 Å². The number of hydrogen-bond donors (Lipinski definition) is 2. The highest BCUT2D eigenvalue weighted by Crippen LogP contribution is 1.99. The number of carbonyl (C=O) groups is 1. The Morgan fingerprint density at radius 2 is 2.24 bits per heavy atom. The van der Waals surface area contributed by atoms with Crippen LogP contribution >= 0.6 is 0 Å². The first-order valence-corrected chi connectivity index (χ1v) is 6.00. The van der Waals surface area contributed by atoms with E-state index in [1.807, 2.05) is 18.2 Å². The van der Waals surface area contributed by atoms with Crippen molar-refractivity contribution in [1.82, 2.24) is 10.6 Å². The summed E-state index contributed by atoms with van der Waals surface area (Å²) in [6.45, 7) is 2.70. The zero-order valence-electron chi connectivity index (χ0n) is 9.82. The molecule has 1 atom stereocenters. The number of nitrogens with one attached hydrogen (secondary N) is 2. The van der Waals surface area contributed by atoms with E-state index in [-0.39, 0.29) is 12.0 Å². The smallest absolute Gasteiger partial charge is 0.250 e. The lowest BCUT2D eigenvalue weighted by Gasteiger charge is -2.22. The maximum atomic E-state index is 11.7. The van der Waals surface area contributed by atoms with Gasteiger partial charge in [-0.05, 0) is 12.0 Å². The monoisotopic (exact) mass is 234 g/mol. The summed E-state index contributed by atoms with van der Waals surface area (Å²) in [5.74, 6) is -0.0202. The number of hydrogen-bond acceptors (Lipinski definition) is 3. The fourth-order valence-corrected chi connectivity index (χ4v) is 1.82. The molecule has 1 aromatic rings. The first-order chi connectivity index (χ1) is 8.36. The third kappa shape index (κ3) is 3.84. The van der Waals surface area contributed by atoms with E-state index >= 15 is 0 Å². The van der Waals surface area contributed by atoms with Crippen molar-refractivity contribution < 1.29 is 9.53 Å². The van der Waals surface area contributed by atoms with Gasteiger partial charge in [0.05, 0.1) is 6.61 Å². The molecular weight excluding hydrogens is 216 g/mol. The molecule has 1 heterocycles. The number of benzene rings is 1. The minimum Gasteiger partial charge on any atom is -0.366 e. The molecule has 4 heteroatoms. The van der Waals surface area contributed by atoms with Gasteiger partial charge in [0.15, 0.2) is 0 Å². The molecule has 0 aliphatic carbocycles. The van der Waals surface area contributed by atoms with E-state index in [0.717, 1.165) is 13.0 Å². The summed E-state index contributed by atoms with van der Waals surface area (Å²) in [5, 5.41) is 6.03. The van der Waals surface area contributed by atoms with Gasteiger partial charge in [-0.25, -0.2) is 0 Å². The molecule has 0 saturated carbocycles. The molecule has 0 spiro atoms. The Balaban J connectivity index is 1.69. The van der Waals surface area contributed by atoms with Crippen molar-refractivity contribution in [3.8, 4) is 0 Å². The van der Waals surface area contributed by atoms with Gasteiger partial charge in [0.1, 0.15) is 6.10 Å². The average Bonchev–Trinajstić information content (AvgIpc) is 2.41. The van der Waals surface area contributed by atoms with Gasteiger partial charge in [-0.1, -0.05) is 30.3 Å². The van der Waals surface area contributed by atoms with Crippen molar-refractivity contribution in [2.75, 3.05) is 26.2 Å². The summed E-state index contributed by atoms with van der Waals surface area (Å²) in [5.41, 5.74) is 1.23. The molecule has 1 amide bonds. The van der Waals surface area contributed by atoms with Crippen LogP contribution in [0.4, 0.5) is 0 Å². The van der Waals surface area contributed by atoms with E-state index in [1.54, 1.807) is 0 Å². The summed E-state index contributed by atoms with van der Waals surface area (Å²) in [4.78, 5) is 11.7. The first kappa shape index (κ1) is 12.1. The van der Waals surface area contributed by atoms with Crippen LogP contribution in [0.3, 0.4) is 0 Å². The lowest BCUT2D eigenvalue weighted by Crippen LogP contribution is -2.48. The maximum Gasteiger partial charge on any atom is 0.250 e. The molecule has 1 aliphatic heterocycles. The summed E-state index contributed by atoms with van der Waals surface area (Å²) >= 11 is 0. The molecule has 0 bridgehead atoms. The predicted molar refractivity (Wildman–Crippen MR) is 65.8 cm³/mol. The number of rotatable bonds is 4. The van der Waals surface area contributed by atoms with Crippen LogP contribution in [-0.2, 0) is 16.0 Å². The van der Waals surface area contributed by atoms with Gasteiger partial charge in [-0.15, -0.1) is 0 Å². The van der Waals surface area contributed by atoms with Crippen molar-refractivity contribution in [3.63, 3.8) is 0 Å². The zero-order chi connectivity index (χ0) is 11.9. The van der Waals surface area contributed by atoms with Crippen LogP contribution in [0, 0.1) is 0 Å². The van der Waals surface area contributed by atoms with E-state index in [1.165, 1.54) is 5.56 Å². The third-order valence-electron chi connectivity index (χ3n) is 2.78. The van der Waals surface area contributed by atoms with Crippen molar-refractivity contribution in [3.05, 3.63) is 35.9 Å². The van der Waals surface area contributed by atoms with Crippen LogP contribution in [0.2, 0.25) is 0 Å². The number of amides is 1. The highest BCUT2D eigenvalue weighted by Gasteiger charge is 2.20. The maximum absolute atomic E-state index is 11.7. The van der Waals surface area contributed by atoms with Gasteiger partial charge in [0, 0.05) is 19.6 Å². The second kappa shape index (κ2) is 6.37. The van der Waals surface area contributed by atoms with Crippen LogP contribution in [-0.4, -0.2) is 38.3 Å². The SMILES string of the molecule is O=C(NCCc1ccccc1)C1CNCCO1. The third-order valence-corrected chi connectivity index (χ3v) is 2.78. The highest BCUT2D eigenvalue weighted by atomic mass is 16.5. The van der Waals surface area contributed by atoms with Crippen LogP contribution in [0.25, 0.3) is 0 Å². The Kier molecular flexibility index (Phi) is 4.53. The molecule has 2 N–H and O–H groups in total. The lowest BCUT2D eigenvalue weighted by molar-refractivity contribution is -0.134. The van der Waals surface area contributed by atoms with Crippen molar-refractivity contribution in [1.29, 1.82) is 0 Å². The average molecular weight is 234 g/mol. The Bertz CT molecular complexity index is 348. The highest BCUT2D eigenvalue weighted by molar-refractivity contribution is 5.81. The zero-order valence-corrected chi connectivity index (χ0v) is 9.82. The molecule has 1 aromatic carbocycles. The van der Waals surface area contributed by atoms with E-state index in [9.17, 15) is 4.79 Å².